The average molecular weight is 273 g/mol. The van der Waals surface area contributed by atoms with E-state index in [0.29, 0.717) is 18.0 Å². The fraction of sp³-hybridized carbons (Fsp3) is 0.0667. The molecule has 2 nitrogen and oxygen atoms in total. The van der Waals surface area contributed by atoms with E-state index in [4.69, 9.17) is 10.5 Å². The molecule has 96 valence electrons. The van der Waals surface area contributed by atoms with Gasteiger partial charge in [0.15, 0.2) is 0 Å². The molecular formula is C15H12FNOS. The second-order valence-corrected chi connectivity index (χ2v) is 5.14. The Balaban J connectivity index is 1.82. The van der Waals surface area contributed by atoms with E-state index in [0.717, 1.165) is 5.56 Å². The molecule has 3 aromatic rings. The van der Waals surface area contributed by atoms with Gasteiger partial charge in [-0.3, -0.25) is 0 Å². The minimum atomic E-state index is -0.356. The molecule has 0 radical (unpaired) electrons. The van der Waals surface area contributed by atoms with Crippen LogP contribution in [0.2, 0.25) is 0 Å². The Morgan fingerprint density at radius 2 is 2.00 bits per heavy atom. The normalized spacial score (nSPS) is 10.8. The van der Waals surface area contributed by atoms with Crippen LogP contribution < -0.4 is 10.5 Å². The summed E-state index contributed by atoms with van der Waals surface area (Å²) in [6.45, 7) is 0.430. The van der Waals surface area contributed by atoms with Crippen LogP contribution in [0.4, 0.5) is 10.1 Å². The smallest absolute Gasteiger partial charge is 0.142 e. The van der Waals surface area contributed by atoms with Crippen molar-refractivity contribution < 1.29 is 9.13 Å². The largest absolute Gasteiger partial charge is 0.487 e. The van der Waals surface area contributed by atoms with Gasteiger partial charge in [0.25, 0.3) is 0 Å². The first-order valence-corrected chi connectivity index (χ1v) is 6.75. The van der Waals surface area contributed by atoms with Gasteiger partial charge >= 0.3 is 0 Å². The minimum absolute atomic E-state index is 0.319. The molecule has 0 saturated carbocycles. The van der Waals surface area contributed by atoms with Crippen molar-refractivity contribution in [2.24, 2.45) is 0 Å². The third kappa shape index (κ3) is 2.39. The molecule has 19 heavy (non-hydrogen) atoms. The Kier molecular flexibility index (Phi) is 3.09. The Morgan fingerprint density at radius 1 is 1.16 bits per heavy atom. The van der Waals surface area contributed by atoms with Crippen LogP contribution in [0.5, 0.6) is 5.75 Å². The third-order valence-corrected chi connectivity index (χ3v) is 3.93. The molecule has 0 bridgehead atoms. The Bertz CT molecular complexity index is 723. The van der Waals surface area contributed by atoms with Crippen molar-refractivity contribution in [1.29, 1.82) is 0 Å². The number of benzene rings is 2. The molecule has 1 aromatic heterocycles. The lowest BCUT2D eigenvalue weighted by Gasteiger charge is -2.08. The number of halogens is 1. The van der Waals surface area contributed by atoms with Crippen molar-refractivity contribution in [2.45, 2.75) is 6.61 Å². The molecule has 1 heterocycles. The van der Waals surface area contributed by atoms with Crippen LogP contribution in [-0.2, 0) is 6.61 Å². The molecule has 0 amide bonds. The zero-order valence-corrected chi connectivity index (χ0v) is 10.9. The van der Waals surface area contributed by atoms with Gasteiger partial charge in [-0.2, -0.15) is 0 Å². The maximum Gasteiger partial charge on any atom is 0.142 e. The van der Waals surface area contributed by atoms with E-state index in [9.17, 15) is 4.39 Å². The predicted molar refractivity (Wildman–Crippen MR) is 77.0 cm³/mol. The first kappa shape index (κ1) is 12.0. The highest BCUT2D eigenvalue weighted by molar-refractivity contribution is 7.17. The molecule has 0 atom stereocenters. The fourth-order valence-electron chi connectivity index (χ4n) is 1.95. The van der Waals surface area contributed by atoms with Crippen molar-refractivity contribution in [1.82, 2.24) is 0 Å². The molecule has 0 saturated heterocycles. The average Bonchev–Trinajstić information content (AvgIpc) is 2.81. The SMILES string of the molecule is Nc1cc(F)ccc1OCc1csc2ccccc12. The van der Waals surface area contributed by atoms with E-state index in [1.807, 2.05) is 12.1 Å². The van der Waals surface area contributed by atoms with E-state index in [-0.39, 0.29) is 5.82 Å². The van der Waals surface area contributed by atoms with Crippen LogP contribution in [0.15, 0.2) is 47.8 Å². The van der Waals surface area contributed by atoms with E-state index in [2.05, 4.69) is 17.5 Å². The second-order valence-electron chi connectivity index (χ2n) is 4.23. The minimum Gasteiger partial charge on any atom is -0.487 e. The van der Waals surface area contributed by atoms with E-state index < -0.39 is 0 Å². The molecule has 0 spiro atoms. The van der Waals surface area contributed by atoms with Crippen LogP contribution >= 0.6 is 11.3 Å². The van der Waals surface area contributed by atoms with Crippen molar-refractivity contribution in [3.63, 3.8) is 0 Å². The monoisotopic (exact) mass is 273 g/mol. The number of nitrogens with two attached hydrogens (primary N) is 1. The number of nitrogen functional groups attached to an aromatic ring is 1. The summed E-state index contributed by atoms with van der Waals surface area (Å²) in [5, 5.41) is 3.26. The lowest BCUT2D eigenvalue weighted by Crippen LogP contribution is -1.98. The summed E-state index contributed by atoms with van der Waals surface area (Å²) in [7, 11) is 0. The molecule has 2 aromatic carbocycles. The number of anilines is 1. The van der Waals surface area contributed by atoms with Crippen LogP contribution in [0.1, 0.15) is 5.56 Å². The number of ether oxygens (including phenoxy) is 1. The summed E-state index contributed by atoms with van der Waals surface area (Å²) in [6, 6.07) is 12.3. The molecular weight excluding hydrogens is 261 g/mol. The summed E-state index contributed by atoms with van der Waals surface area (Å²) in [5.41, 5.74) is 7.15. The van der Waals surface area contributed by atoms with E-state index >= 15 is 0 Å². The van der Waals surface area contributed by atoms with Gasteiger partial charge < -0.3 is 10.5 Å². The van der Waals surface area contributed by atoms with Crippen molar-refractivity contribution >= 4 is 27.1 Å². The summed E-state index contributed by atoms with van der Waals surface area (Å²) in [5.74, 6) is 0.155. The van der Waals surface area contributed by atoms with Gasteiger partial charge in [0.2, 0.25) is 0 Å². The molecule has 0 unspecified atom stereocenters. The van der Waals surface area contributed by atoms with Crippen molar-refractivity contribution in [2.75, 3.05) is 5.73 Å². The number of thiophene rings is 1. The lowest BCUT2D eigenvalue weighted by molar-refractivity contribution is 0.309. The summed E-state index contributed by atoms with van der Waals surface area (Å²) < 4.78 is 19.8. The number of hydrogen-bond donors (Lipinski definition) is 1. The maximum atomic E-state index is 12.9. The Hall–Kier alpha value is -2.07. The second kappa shape index (κ2) is 4.90. The van der Waals surface area contributed by atoms with Gasteiger partial charge in [0.05, 0.1) is 5.69 Å². The summed E-state index contributed by atoms with van der Waals surface area (Å²) in [4.78, 5) is 0. The van der Waals surface area contributed by atoms with E-state index in [1.54, 1.807) is 17.4 Å². The molecule has 3 rings (SSSR count). The topological polar surface area (TPSA) is 35.2 Å². The quantitative estimate of drug-likeness (QED) is 0.726. The highest BCUT2D eigenvalue weighted by atomic mass is 32.1. The molecule has 0 aliphatic carbocycles. The number of hydrogen-bond acceptors (Lipinski definition) is 3. The fourth-order valence-corrected chi connectivity index (χ4v) is 2.90. The van der Waals surface area contributed by atoms with Crippen molar-refractivity contribution in [3.8, 4) is 5.75 Å². The molecule has 2 N–H and O–H groups in total. The first-order valence-electron chi connectivity index (χ1n) is 5.87. The highest BCUT2D eigenvalue weighted by Gasteiger charge is 2.06. The summed E-state index contributed by atoms with van der Waals surface area (Å²) in [6.07, 6.45) is 0. The molecule has 0 aliphatic rings. The number of rotatable bonds is 3. The van der Waals surface area contributed by atoms with Gasteiger partial charge in [-0.1, -0.05) is 18.2 Å². The van der Waals surface area contributed by atoms with Crippen molar-refractivity contribution in [3.05, 3.63) is 59.2 Å². The van der Waals surface area contributed by atoms with Crippen LogP contribution in [0, 0.1) is 5.82 Å². The van der Waals surface area contributed by atoms with Crippen LogP contribution in [0.3, 0.4) is 0 Å². The first-order chi connectivity index (χ1) is 9.24. The van der Waals surface area contributed by atoms with Gasteiger partial charge in [-0.15, -0.1) is 11.3 Å². The van der Waals surface area contributed by atoms with Gasteiger partial charge in [-0.25, -0.2) is 4.39 Å². The Labute approximate surface area is 114 Å². The van der Waals surface area contributed by atoms with Gasteiger partial charge in [0.1, 0.15) is 18.2 Å². The molecule has 4 heteroatoms. The standard InChI is InChI=1S/C15H12FNOS/c16-11-5-6-14(13(17)7-11)18-8-10-9-19-15-4-2-1-3-12(10)15/h1-7,9H,8,17H2. The number of fused-ring (bicyclic) bond motifs is 1. The lowest BCUT2D eigenvalue weighted by atomic mass is 10.2. The Morgan fingerprint density at radius 3 is 2.84 bits per heavy atom. The van der Waals surface area contributed by atoms with Gasteiger partial charge in [-0.05, 0) is 29.0 Å². The predicted octanol–water partition coefficient (Wildman–Crippen LogP) is 4.20. The molecule has 0 fully saturated rings. The zero-order chi connectivity index (χ0) is 13.2. The van der Waals surface area contributed by atoms with Gasteiger partial charge in [0, 0.05) is 16.3 Å². The summed E-state index contributed by atoms with van der Waals surface area (Å²) >= 11 is 1.68. The third-order valence-electron chi connectivity index (χ3n) is 2.92. The van der Waals surface area contributed by atoms with E-state index in [1.165, 1.54) is 22.2 Å². The zero-order valence-electron chi connectivity index (χ0n) is 10.1. The highest BCUT2D eigenvalue weighted by Crippen LogP contribution is 2.28. The maximum absolute atomic E-state index is 12.9. The van der Waals surface area contributed by atoms with Crippen LogP contribution in [0.25, 0.3) is 10.1 Å². The van der Waals surface area contributed by atoms with Crippen LogP contribution in [-0.4, -0.2) is 0 Å². The molecule has 0 aliphatic heterocycles.